The van der Waals surface area contributed by atoms with Crippen LogP contribution in [-0.2, 0) is 0 Å². The van der Waals surface area contributed by atoms with Crippen molar-refractivity contribution in [2.24, 2.45) is 5.73 Å². The van der Waals surface area contributed by atoms with Gasteiger partial charge < -0.3 is 29.6 Å². The number of nitrogens with two attached hydrogens (primary N) is 1. The van der Waals surface area contributed by atoms with Crippen molar-refractivity contribution < 1.29 is 26.6 Å². The van der Waals surface area contributed by atoms with Crippen molar-refractivity contribution in [1.29, 1.82) is 0 Å². The van der Waals surface area contributed by atoms with E-state index in [1.807, 2.05) is 18.5 Å². The number of hydrogen-bond donors (Lipinski definition) is 3. The summed E-state index contributed by atoms with van der Waals surface area (Å²) in [7, 11) is 4.22. The fraction of sp³-hybridized carbons (Fsp3) is 0.217. The van der Waals surface area contributed by atoms with E-state index in [9.17, 15) is 17.6 Å². The summed E-state index contributed by atoms with van der Waals surface area (Å²) in [4.78, 5) is 17.6. The Kier molecular flexibility index (Phi) is 10.5. The highest BCUT2D eigenvalue weighted by Crippen LogP contribution is 2.40. The summed E-state index contributed by atoms with van der Waals surface area (Å²) < 4.78 is 67.2. The van der Waals surface area contributed by atoms with Crippen LogP contribution >= 0.6 is 0 Å². The number of halogens is 4. The van der Waals surface area contributed by atoms with E-state index in [4.69, 9.17) is 14.8 Å². The van der Waals surface area contributed by atoms with Gasteiger partial charge in [0.15, 0.2) is 34.8 Å². The van der Waals surface area contributed by atoms with Gasteiger partial charge >= 0.3 is 0 Å². The van der Waals surface area contributed by atoms with E-state index in [0.29, 0.717) is 51.1 Å². The van der Waals surface area contributed by atoms with Crippen LogP contribution in [0, 0.1) is 23.3 Å². The van der Waals surface area contributed by atoms with Crippen molar-refractivity contribution in [3.63, 3.8) is 0 Å². The Labute approximate surface area is 341 Å². The predicted molar refractivity (Wildman–Crippen MR) is 223 cm³/mol. The zero-order chi connectivity index (χ0) is 41.5. The molecule has 10 nitrogen and oxygen atoms in total. The first-order chi connectivity index (χ1) is 29.1. The molecule has 6 aromatic heterocycles. The molecule has 0 saturated carbocycles. The van der Waals surface area contributed by atoms with Crippen LogP contribution in [-0.4, -0.2) is 61.3 Å². The minimum Gasteiger partial charge on any atom is -0.356 e. The molecular formula is C46H40F4N8O2. The molecule has 0 radical (unpaired) electrons. The van der Waals surface area contributed by atoms with Gasteiger partial charge in [-0.25, -0.2) is 27.5 Å². The summed E-state index contributed by atoms with van der Waals surface area (Å²) in [6.45, 7) is 0. The standard InChI is InChI=1S/C24H22F2N4O.C22H18F2N4O/c1-30(2)16-8-6-14(7-9-16)15-10-18-19(12-28-24(18)27-11-15)23-20(13-29-31-23)17-4-3-5-21(25)22(17)26;23-19-3-1-2-15(20(19)24)18-11-28-29-21(18)17-10-27-22-16(17)8-13(9-26-22)12-4-6-14(25)7-5-12/h3-6,10-13,16H,7-9H2,1-2H3,(H,27,28);1-4,8-11,14H,5-7,25H2,(H,26,27). The highest BCUT2D eigenvalue weighted by molar-refractivity contribution is 5.98. The molecule has 2 aromatic carbocycles. The molecule has 4 N–H and O–H groups in total. The summed E-state index contributed by atoms with van der Waals surface area (Å²) in [6.07, 6.45) is 20.2. The maximum absolute atomic E-state index is 14.4. The Balaban J connectivity index is 0.000000154. The maximum atomic E-state index is 14.4. The quantitative estimate of drug-likeness (QED) is 0.135. The second kappa shape index (κ2) is 16.2. The number of hydrogen-bond acceptors (Lipinski definition) is 8. The summed E-state index contributed by atoms with van der Waals surface area (Å²) in [5.74, 6) is -2.94. The summed E-state index contributed by atoms with van der Waals surface area (Å²) in [5.41, 5.74) is 14.3. The number of nitrogens with zero attached hydrogens (tertiary/aromatic N) is 5. The first-order valence-corrected chi connectivity index (χ1v) is 19.7. The van der Waals surface area contributed by atoms with Crippen LogP contribution in [0.15, 0.2) is 107 Å². The van der Waals surface area contributed by atoms with E-state index in [-0.39, 0.29) is 17.2 Å². The van der Waals surface area contributed by atoms with Crippen molar-refractivity contribution in [2.45, 2.75) is 50.6 Å². The average molecular weight is 813 g/mol. The number of aromatic amines is 2. The summed E-state index contributed by atoms with van der Waals surface area (Å²) in [5, 5.41) is 9.36. The third-order valence-corrected chi connectivity index (χ3v) is 11.5. The Hall–Kier alpha value is -6.64. The molecule has 0 fully saturated rings. The highest BCUT2D eigenvalue weighted by atomic mass is 19.2. The van der Waals surface area contributed by atoms with Crippen LogP contribution in [0.2, 0.25) is 0 Å². The second-order valence-corrected chi connectivity index (χ2v) is 15.4. The third kappa shape index (κ3) is 7.32. The van der Waals surface area contributed by atoms with Gasteiger partial charge in [-0.3, -0.25) is 0 Å². The number of allylic oxidation sites excluding steroid dienone is 2. The summed E-state index contributed by atoms with van der Waals surface area (Å²) in [6, 6.07) is 13.0. The first-order valence-electron chi connectivity index (χ1n) is 19.7. The van der Waals surface area contributed by atoms with Crippen molar-refractivity contribution >= 4 is 33.2 Å². The zero-order valence-electron chi connectivity index (χ0n) is 32.8. The van der Waals surface area contributed by atoms with E-state index in [1.165, 1.54) is 47.8 Å². The Morgan fingerprint density at radius 1 is 0.633 bits per heavy atom. The number of benzene rings is 2. The minimum atomic E-state index is -0.931. The van der Waals surface area contributed by atoms with Gasteiger partial charge in [-0.1, -0.05) is 46.7 Å². The number of rotatable bonds is 7. The Morgan fingerprint density at radius 3 is 1.58 bits per heavy atom. The van der Waals surface area contributed by atoms with Gasteiger partial charge in [0, 0.05) is 69.9 Å². The van der Waals surface area contributed by atoms with Gasteiger partial charge in [-0.2, -0.15) is 0 Å². The fourth-order valence-electron chi connectivity index (χ4n) is 8.08. The maximum Gasteiger partial charge on any atom is 0.176 e. The molecule has 0 saturated heterocycles. The lowest BCUT2D eigenvalue weighted by Gasteiger charge is -2.27. The van der Waals surface area contributed by atoms with Crippen LogP contribution in [0.5, 0.6) is 0 Å². The molecule has 304 valence electrons. The lowest BCUT2D eigenvalue weighted by molar-refractivity contribution is 0.277. The smallest absolute Gasteiger partial charge is 0.176 e. The second-order valence-electron chi connectivity index (χ2n) is 15.4. The summed E-state index contributed by atoms with van der Waals surface area (Å²) >= 11 is 0. The molecule has 2 atom stereocenters. The van der Waals surface area contributed by atoms with Gasteiger partial charge in [0.1, 0.15) is 11.3 Å². The molecule has 8 aromatic rings. The van der Waals surface area contributed by atoms with Gasteiger partial charge in [0.2, 0.25) is 0 Å². The molecule has 0 aliphatic heterocycles. The average Bonchev–Trinajstić information content (AvgIpc) is 4.09. The number of nitrogens with one attached hydrogen (secondary N) is 2. The normalized spacial score (nSPS) is 16.9. The predicted octanol–water partition coefficient (Wildman–Crippen LogP) is 10.7. The molecule has 2 aliphatic carbocycles. The van der Waals surface area contributed by atoms with Crippen molar-refractivity contribution in [3.05, 3.63) is 132 Å². The van der Waals surface area contributed by atoms with Crippen LogP contribution < -0.4 is 5.73 Å². The molecule has 10 rings (SSSR count). The van der Waals surface area contributed by atoms with Gasteiger partial charge in [-0.05, 0) is 99.2 Å². The van der Waals surface area contributed by atoms with Crippen molar-refractivity contribution in [2.75, 3.05) is 14.1 Å². The lowest BCUT2D eigenvalue weighted by atomic mass is 9.90. The minimum absolute atomic E-state index is 0.101. The molecule has 0 spiro atoms. The fourth-order valence-corrected chi connectivity index (χ4v) is 8.08. The van der Waals surface area contributed by atoms with Crippen molar-refractivity contribution in [3.8, 4) is 44.9 Å². The lowest BCUT2D eigenvalue weighted by Crippen LogP contribution is -2.28. The number of aromatic nitrogens is 6. The van der Waals surface area contributed by atoms with Crippen LogP contribution in [0.25, 0.3) is 78.1 Å². The first kappa shape index (κ1) is 38.9. The van der Waals surface area contributed by atoms with Gasteiger partial charge in [0.05, 0.1) is 23.5 Å². The van der Waals surface area contributed by atoms with Crippen LogP contribution in [0.3, 0.4) is 0 Å². The van der Waals surface area contributed by atoms with E-state index in [0.717, 1.165) is 72.6 Å². The zero-order valence-corrected chi connectivity index (χ0v) is 32.8. The van der Waals surface area contributed by atoms with Gasteiger partial charge in [-0.15, -0.1) is 0 Å². The topological polar surface area (TPSA) is 139 Å². The van der Waals surface area contributed by atoms with E-state index in [1.54, 1.807) is 12.4 Å². The molecule has 14 heteroatoms. The molecule has 0 bridgehead atoms. The monoisotopic (exact) mass is 812 g/mol. The molecule has 60 heavy (non-hydrogen) atoms. The van der Waals surface area contributed by atoms with Gasteiger partial charge in [0.25, 0.3) is 0 Å². The molecule has 6 heterocycles. The molecular weight excluding hydrogens is 773 g/mol. The van der Waals surface area contributed by atoms with E-state index < -0.39 is 23.3 Å². The Bertz CT molecular complexity index is 2920. The third-order valence-electron chi connectivity index (χ3n) is 11.5. The number of pyridine rings is 2. The molecule has 0 amide bonds. The van der Waals surface area contributed by atoms with E-state index in [2.05, 4.69) is 67.5 Å². The van der Waals surface area contributed by atoms with E-state index >= 15 is 0 Å². The SMILES string of the molecule is CN(C)C1CC=C(c2cnc3[nH]cc(-c4oncc4-c4cccc(F)c4F)c3c2)CC1.NC1CC=C(c2cnc3[nH]cc(-c4oncc4-c4cccc(F)c4F)c3c2)CC1. The number of fused-ring (bicyclic) bond motifs is 2. The largest absolute Gasteiger partial charge is 0.356 e. The highest BCUT2D eigenvalue weighted by Gasteiger charge is 2.24. The number of H-pyrrole nitrogens is 2. The van der Waals surface area contributed by atoms with Crippen LogP contribution in [0.1, 0.15) is 49.7 Å². The molecule has 2 aliphatic rings. The Morgan fingerprint density at radius 2 is 1.13 bits per heavy atom. The van der Waals surface area contributed by atoms with Crippen molar-refractivity contribution in [1.82, 2.24) is 35.1 Å². The molecule has 2 unspecified atom stereocenters. The van der Waals surface area contributed by atoms with Crippen LogP contribution in [0.4, 0.5) is 17.6 Å².